The molecule has 4 heteroatoms. The number of hydrogen-bond acceptors (Lipinski definition) is 3. The summed E-state index contributed by atoms with van der Waals surface area (Å²) in [6.07, 6.45) is 4.12. The molecule has 0 aliphatic carbocycles. The van der Waals surface area contributed by atoms with Crippen molar-refractivity contribution in [2.75, 3.05) is 0 Å². The molecule has 0 aliphatic heterocycles. The minimum absolute atomic E-state index is 0.761. The third-order valence-electron chi connectivity index (χ3n) is 0.988. The zero-order valence-corrected chi connectivity index (χ0v) is 5.33. The summed E-state index contributed by atoms with van der Waals surface area (Å²) in [7, 11) is 0. The van der Waals surface area contributed by atoms with E-state index in [1.807, 2.05) is 6.42 Å². The molecule has 1 rings (SSSR count). The number of aromatic nitrogens is 4. The molecule has 0 fully saturated rings. The topological polar surface area (TPSA) is 54.5 Å². The number of nitrogens with zero attached hydrogens (tertiary/aromatic N) is 3. The third-order valence-corrected chi connectivity index (χ3v) is 0.988. The summed E-state index contributed by atoms with van der Waals surface area (Å²) in [5.74, 6) is 0.761. The van der Waals surface area contributed by atoms with Crippen molar-refractivity contribution in [1.29, 1.82) is 0 Å². The molecule has 4 nitrogen and oxygen atoms in total. The monoisotopic (exact) mass is 125 g/mol. The zero-order chi connectivity index (χ0) is 6.53. The maximum Gasteiger partial charge on any atom is 0.152 e. The van der Waals surface area contributed by atoms with Gasteiger partial charge in [-0.15, -0.1) is 5.10 Å². The molecule has 0 unspecified atom stereocenters. The summed E-state index contributed by atoms with van der Waals surface area (Å²) >= 11 is 0. The first kappa shape index (κ1) is 6.19. The van der Waals surface area contributed by atoms with Gasteiger partial charge >= 0.3 is 0 Å². The van der Waals surface area contributed by atoms with Crippen LogP contribution in [0.5, 0.6) is 0 Å². The lowest BCUT2D eigenvalue weighted by Crippen LogP contribution is -1.83. The number of hydrogen-bond donors (Lipinski definition) is 1. The Balaban J connectivity index is 2.30. The van der Waals surface area contributed by atoms with Crippen molar-refractivity contribution in [3.05, 3.63) is 12.2 Å². The van der Waals surface area contributed by atoms with Gasteiger partial charge < -0.3 is 0 Å². The van der Waals surface area contributed by atoms with Crippen molar-refractivity contribution >= 4 is 0 Å². The van der Waals surface area contributed by atoms with Crippen LogP contribution in [0.4, 0.5) is 0 Å². The van der Waals surface area contributed by atoms with Crippen molar-refractivity contribution in [2.24, 2.45) is 0 Å². The Kier molecular flexibility index (Phi) is 2.18. The molecular weight excluding hydrogens is 116 g/mol. The zero-order valence-electron chi connectivity index (χ0n) is 5.33. The van der Waals surface area contributed by atoms with E-state index < -0.39 is 0 Å². The van der Waals surface area contributed by atoms with Gasteiger partial charge in [0.1, 0.15) is 0 Å². The van der Waals surface area contributed by atoms with Gasteiger partial charge in [-0.1, -0.05) is 13.3 Å². The Hall–Kier alpha value is -0.930. The maximum atomic E-state index is 3.68. The molecule has 0 amide bonds. The number of rotatable bonds is 3. The predicted molar refractivity (Wildman–Crippen MR) is 32.5 cm³/mol. The van der Waals surface area contributed by atoms with Crippen LogP contribution in [0.2, 0.25) is 0 Å². The molecule has 0 saturated carbocycles. The first-order chi connectivity index (χ1) is 4.43. The molecule has 1 aromatic heterocycles. The quantitative estimate of drug-likeness (QED) is 0.641. The number of nitrogens with one attached hydrogen (secondary N) is 1. The van der Waals surface area contributed by atoms with E-state index in [4.69, 9.17) is 0 Å². The molecule has 1 N–H and O–H groups in total. The van der Waals surface area contributed by atoms with Gasteiger partial charge in [-0.2, -0.15) is 0 Å². The normalized spacial score (nSPS) is 9.89. The Morgan fingerprint density at radius 1 is 1.67 bits per heavy atom. The van der Waals surface area contributed by atoms with E-state index in [9.17, 15) is 0 Å². The van der Waals surface area contributed by atoms with Crippen molar-refractivity contribution < 1.29 is 0 Å². The summed E-state index contributed by atoms with van der Waals surface area (Å²) in [5.41, 5.74) is 0. The van der Waals surface area contributed by atoms with E-state index in [0.717, 1.165) is 18.7 Å². The highest BCUT2D eigenvalue weighted by Gasteiger charge is 1.93. The summed E-state index contributed by atoms with van der Waals surface area (Å²) in [5, 5.41) is 13.2. The van der Waals surface area contributed by atoms with E-state index in [1.54, 1.807) is 0 Å². The maximum absolute atomic E-state index is 3.68. The smallest absolute Gasteiger partial charge is 0.152 e. The van der Waals surface area contributed by atoms with Crippen molar-refractivity contribution in [2.45, 2.75) is 19.8 Å². The molecular formula is C5H9N4. The second kappa shape index (κ2) is 3.17. The molecule has 49 valence electrons. The highest BCUT2D eigenvalue weighted by molar-refractivity contribution is 4.93. The fourth-order valence-corrected chi connectivity index (χ4v) is 0.534. The largest absolute Gasteiger partial charge is 0.243 e. The first-order valence-electron chi connectivity index (χ1n) is 3.00. The standard InChI is InChI=1S/C5H9N4/c1-2-3-4-5-6-8-9-7-5/h4H,2-3H2,1H3,(H,6,7,8,9). The number of tetrazole rings is 1. The van der Waals surface area contributed by atoms with Gasteiger partial charge in [0.2, 0.25) is 0 Å². The molecule has 1 aromatic rings. The van der Waals surface area contributed by atoms with E-state index in [0.29, 0.717) is 0 Å². The molecule has 0 bridgehead atoms. The second-order valence-corrected chi connectivity index (χ2v) is 1.78. The Morgan fingerprint density at radius 3 is 3.11 bits per heavy atom. The van der Waals surface area contributed by atoms with Crippen LogP contribution >= 0.6 is 0 Å². The molecule has 1 radical (unpaired) electrons. The number of unbranched alkanes of at least 4 members (excludes halogenated alkanes) is 1. The molecule has 0 spiro atoms. The van der Waals surface area contributed by atoms with Gasteiger partial charge in [0, 0.05) is 6.42 Å². The van der Waals surface area contributed by atoms with E-state index in [1.165, 1.54) is 0 Å². The fourth-order valence-electron chi connectivity index (χ4n) is 0.534. The molecule has 0 atom stereocenters. The molecule has 9 heavy (non-hydrogen) atoms. The van der Waals surface area contributed by atoms with Gasteiger partial charge in [0.05, 0.1) is 0 Å². The minimum Gasteiger partial charge on any atom is -0.243 e. The predicted octanol–water partition coefficient (Wildman–Crippen LogP) is 0.552. The summed E-state index contributed by atoms with van der Waals surface area (Å²) in [6.45, 7) is 2.11. The van der Waals surface area contributed by atoms with Crippen LogP contribution in [0.3, 0.4) is 0 Å². The van der Waals surface area contributed by atoms with Gasteiger partial charge in [-0.3, -0.25) is 0 Å². The Bertz CT molecular complexity index is 146. The van der Waals surface area contributed by atoms with Crippen LogP contribution in [0.15, 0.2) is 0 Å². The van der Waals surface area contributed by atoms with E-state index in [-0.39, 0.29) is 0 Å². The Labute approximate surface area is 53.7 Å². The van der Waals surface area contributed by atoms with Gasteiger partial charge in [0.25, 0.3) is 0 Å². The summed E-state index contributed by atoms with van der Waals surface area (Å²) < 4.78 is 0. The van der Waals surface area contributed by atoms with Gasteiger partial charge in [-0.25, -0.2) is 5.10 Å². The van der Waals surface area contributed by atoms with Crippen LogP contribution in [-0.4, -0.2) is 20.6 Å². The van der Waals surface area contributed by atoms with Crippen molar-refractivity contribution in [3.63, 3.8) is 0 Å². The van der Waals surface area contributed by atoms with E-state index >= 15 is 0 Å². The Morgan fingerprint density at radius 2 is 2.56 bits per heavy atom. The van der Waals surface area contributed by atoms with Crippen molar-refractivity contribution in [1.82, 2.24) is 20.6 Å². The van der Waals surface area contributed by atoms with Crippen molar-refractivity contribution in [3.8, 4) is 0 Å². The summed E-state index contributed by atoms with van der Waals surface area (Å²) in [6, 6.07) is 0. The highest BCUT2D eigenvalue weighted by Crippen LogP contribution is 1.97. The lowest BCUT2D eigenvalue weighted by Gasteiger charge is -1.86. The molecule has 0 aliphatic rings. The number of aromatic amines is 1. The average Bonchev–Trinajstić information content (AvgIpc) is 2.34. The van der Waals surface area contributed by atoms with Crippen LogP contribution in [0.1, 0.15) is 25.6 Å². The SMILES string of the molecule is CCC[CH]c1nnn[nH]1. The molecule has 1 heterocycles. The summed E-state index contributed by atoms with van der Waals surface area (Å²) in [4.78, 5) is 0. The molecule has 0 saturated heterocycles. The lowest BCUT2D eigenvalue weighted by atomic mass is 10.2. The van der Waals surface area contributed by atoms with Crippen LogP contribution in [-0.2, 0) is 0 Å². The average molecular weight is 125 g/mol. The molecule has 0 aromatic carbocycles. The van der Waals surface area contributed by atoms with Crippen LogP contribution < -0.4 is 0 Å². The first-order valence-corrected chi connectivity index (χ1v) is 3.00. The van der Waals surface area contributed by atoms with Gasteiger partial charge in [0.15, 0.2) is 5.82 Å². The minimum atomic E-state index is 0.761. The fraction of sp³-hybridized carbons (Fsp3) is 0.600. The highest BCUT2D eigenvalue weighted by atomic mass is 15.5. The van der Waals surface area contributed by atoms with Gasteiger partial charge in [-0.05, 0) is 16.8 Å². The van der Waals surface area contributed by atoms with Crippen LogP contribution in [0.25, 0.3) is 0 Å². The third kappa shape index (κ3) is 1.79. The van der Waals surface area contributed by atoms with E-state index in [2.05, 4.69) is 27.5 Å². The lowest BCUT2D eigenvalue weighted by molar-refractivity contribution is 0.881. The number of H-pyrrole nitrogens is 1. The van der Waals surface area contributed by atoms with Crippen LogP contribution in [0, 0.1) is 6.42 Å². The second-order valence-electron chi connectivity index (χ2n) is 1.78.